The summed E-state index contributed by atoms with van der Waals surface area (Å²) in [5.74, 6) is 0. The molecular formula is C2H14N2Na2. The minimum Gasteiger partial charge on any atom is -1.00 e. The first kappa shape index (κ1) is 44.5. The predicted molar refractivity (Wildman–Crippen MR) is 23.6 cm³/mol. The van der Waals surface area contributed by atoms with Crippen LogP contribution in [0.4, 0.5) is 0 Å². The van der Waals surface area contributed by atoms with Gasteiger partial charge in [-0.25, -0.2) is 0 Å². The van der Waals surface area contributed by atoms with Gasteiger partial charge < -0.3 is 15.2 Å². The molecule has 0 aliphatic carbocycles. The molecule has 0 aliphatic heterocycles. The third kappa shape index (κ3) is 38.9. The van der Waals surface area contributed by atoms with Gasteiger partial charge in [0.05, 0.1) is 0 Å². The minimum absolute atomic E-state index is 0. The summed E-state index contributed by atoms with van der Waals surface area (Å²) in [6.45, 7) is 4.00. The summed E-state index contributed by atoms with van der Waals surface area (Å²) in [6, 6.07) is 0. The summed E-state index contributed by atoms with van der Waals surface area (Å²) >= 11 is 0. The molecule has 0 bridgehead atoms. The van der Waals surface area contributed by atoms with Crippen LogP contribution in [0.5, 0.6) is 0 Å². The van der Waals surface area contributed by atoms with Gasteiger partial charge in [-0.1, -0.05) is 13.8 Å². The Hall–Kier alpha value is 1.92. The maximum absolute atomic E-state index is 2.00. The van der Waals surface area contributed by atoms with Gasteiger partial charge in [0.25, 0.3) is 0 Å². The van der Waals surface area contributed by atoms with Crippen molar-refractivity contribution in [1.29, 1.82) is 0 Å². The fourth-order valence-electron chi connectivity index (χ4n) is 0. The zero-order chi connectivity index (χ0) is 2.00. The number of hydrogen-bond acceptors (Lipinski definition) is 2. The molecule has 0 saturated carbocycles. The average Bonchev–Trinajstić information content (AvgIpc) is 1.00. The zero-order valence-corrected chi connectivity index (χ0v) is 9.41. The Bertz CT molecular complexity index is 16.0. The van der Waals surface area contributed by atoms with Crippen LogP contribution in [0.3, 0.4) is 0 Å². The molecule has 0 heterocycles. The number of rotatable bonds is 0. The van der Waals surface area contributed by atoms with Gasteiger partial charge in [0.15, 0.2) is 0 Å². The fraction of sp³-hybridized carbons (Fsp3) is 1.00. The van der Waals surface area contributed by atoms with Gasteiger partial charge in [-0.15, -0.1) is 0 Å². The van der Waals surface area contributed by atoms with Crippen molar-refractivity contribution in [3.63, 3.8) is 0 Å². The molecule has 4 heteroatoms. The van der Waals surface area contributed by atoms with Gasteiger partial charge in [0, 0.05) is 0 Å². The van der Waals surface area contributed by atoms with Gasteiger partial charge in [-0.05, 0) is 0 Å². The van der Waals surface area contributed by atoms with Crippen molar-refractivity contribution in [3.05, 3.63) is 0 Å². The molecule has 0 atom stereocenters. The Morgan fingerprint density at radius 2 is 0.833 bits per heavy atom. The van der Waals surface area contributed by atoms with Crippen molar-refractivity contribution in [2.24, 2.45) is 0 Å². The normalized spacial score (nSPS) is 1.00. The van der Waals surface area contributed by atoms with E-state index in [9.17, 15) is 0 Å². The van der Waals surface area contributed by atoms with Crippen molar-refractivity contribution >= 4 is 0 Å². The Balaban J connectivity index is -0.000000000333. The molecule has 0 saturated heterocycles. The maximum Gasteiger partial charge on any atom is 1.00 e. The van der Waals surface area contributed by atoms with Crippen LogP contribution in [0.2, 0.25) is 0 Å². The van der Waals surface area contributed by atoms with Crippen molar-refractivity contribution in [1.82, 2.24) is 12.3 Å². The monoisotopic (exact) mass is 112 g/mol. The largest absolute Gasteiger partial charge is 1.00 e. The third-order valence-electron chi connectivity index (χ3n) is 0. The first-order valence-corrected chi connectivity index (χ1v) is 1.00. The van der Waals surface area contributed by atoms with Crippen LogP contribution in [-0.4, -0.2) is 0 Å². The third-order valence-corrected chi connectivity index (χ3v) is 0. The SMILES string of the molecule is CC.N.N.[H-].[H-].[Na+].[Na+]. The van der Waals surface area contributed by atoms with Crippen LogP contribution in [0, 0.1) is 0 Å². The van der Waals surface area contributed by atoms with Crippen LogP contribution in [0.25, 0.3) is 0 Å². The topological polar surface area (TPSA) is 70.0 Å². The first-order chi connectivity index (χ1) is 1.00. The Kier molecular flexibility index (Phi) is 488. The summed E-state index contributed by atoms with van der Waals surface area (Å²) in [7, 11) is 0. The Morgan fingerprint density at radius 3 is 0.833 bits per heavy atom. The standard InChI is InChI=1S/C2H6.2H3N.2Na.2H/c1-2;;;;;;/h1-2H3;2*1H3;;;;/q;;;2*+1;2*-1. The van der Waals surface area contributed by atoms with Gasteiger partial charge in [0.2, 0.25) is 0 Å². The molecule has 0 rings (SSSR count). The van der Waals surface area contributed by atoms with E-state index >= 15 is 0 Å². The van der Waals surface area contributed by atoms with E-state index in [1.807, 2.05) is 13.8 Å². The average molecular weight is 112 g/mol. The van der Waals surface area contributed by atoms with Crippen molar-refractivity contribution in [2.75, 3.05) is 0 Å². The van der Waals surface area contributed by atoms with E-state index in [-0.39, 0.29) is 74.3 Å². The molecule has 0 unspecified atom stereocenters. The molecule has 0 fully saturated rings. The predicted octanol–water partition coefficient (Wildman–Crippen LogP) is -4.42. The van der Waals surface area contributed by atoms with Crippen LogP contribution in [-0.2, 0) is 0 Å². The quantitative estimate of drug-likeness (QED) is 0.310. The van der Waals surface area contributed by atoms with Crippen LogP contribution >= 0.6 is 0 Å². The van der Waals surface area contributed by atoms with E-state index in [1.54, 1.807) is 0 Å². The molecule has 2 nitrogen and oxygen atoms in total. The second-order valence-corrected chi connectivity index (χ2v) is 0. The molecule has 0 spiro atoms. The molecule has 0 aromatic carbocycles. The van der Waals surface area contributed by atoms with Gasteiger partial charge >= 0.3 is 59.1 Å². The molecule has 0 radical (unpaired) electrons. The maximum atomic E-state index is 2.00. The van der Waals surface area contributed by atoms with E-state index in [2.05, 4.69) is 0 Å². The van der Waals surface area contributed by atoms with Crippen molar-refractivity contribution < 1.29 is 62.0 Å². The first-order valence-electron chi connectivity index (χ1n) is 1.00. The van der Waals surface area contributed by atoms with E-state index in [0.717, 1.165) is 0 Å². The Labute approximate surface area is 87.2 Å². The van der Waals surface area contributed by atoms with Gasteiger partial charge in [-0.2, -0.15) is 0 Å². The Morgan fingerprint density at radius 1 is 0.833 bits per heavy atom. The molecule has 34 valence electrons. The summed E-state index contributed by atoms with van der Waals surface area (Å²) in [5.41, 5.74) is 0. The van der Waals surface area contributed by atoms with Gasteiger partial charge in [0.1, 0.15) is 0 Å². The molecule has 0 aromatic rings. The smallest absolute Gasteiger partial charge is 1.00 e. The molecule has 6 N–H and O–H groups in total. The molecule has 6 heavy (non-hydrogen) atoms. The summed E-state index contributed by atoms with van der Waals surface area (Å²) in [6.07, 6.45) is 0. The van der Waals surface area contributed by atoms with E-state index < -0.39 is 0 Å². The minimum atomic E-state index is 0. The number of hydrogen-bond donors (Lipinski definition) is 2. The van der Waals surface area contributed by atoms with E-state index in [4.69, 9.17) is 0 Å². The van der Waals surface area contributed by atoms with E-state index in [1.165, 1.54) is 0 Å². The molecule has 0 aromatic heterocycles. The summed E-state index contributed by atoms with van der Waals surface area (Å²) in [4.78, 5) is 0. The van der Waals surface area contributed by atoms with E-state index in [0.29, 0.717) is 0 Å². The molecule has 0 aliphatic rings. The second kappa shape index (κ2) is 65.8. The van der Waals surface area contributed by atoms with Crippen molar-refractivity contribution in [3.8, 4) is 0 Å². The molecular weight excluding hydrogens is 98.0 g/mol. The van der Waals surface area contributed by atoms with Crippen LogP contribution in [0.15, 0.2) is 0 Å². The fourth-order valence-corrected chi connectivity index (χ4v) is 0. The summed E-state index contributed by atoms with van der Waals surface area (Å²) < 4.78 is 0. The van der Waals surface area contributed by atoms with Crippen LogP contribution in [0.1, 0.15) is 16.7 Å². The van der Waals surface area contributed by atoms with Gasteiger partial charge in [-0.3, -0.25) is 0 Å². The van der Waals surface area contributed by atoms with Crippen LogP contribution < -0.4 is 71.4 Å². The zero-order valence-electron chi connectivity index (χ0n) is 7.41. The molecule has 0 amide bonds. The second-order valence-electron chi connectivity index (χ2n) is 0. The summed E-state index contributed by atoms with van der Waals surface area (Å²) in [5, 5.41) is 0. The van der Waals surface area contributed by atoms with Crippen molar-refractivity contribution in [2.45, 2.75) is 13.8 Å².